The molecular formula is C14H23N3O. The lowest BCUT2D eigenvalue weighted by Gasteiger charge is -2.34. The molecule has 1 aromatic rings. The van der Waals surface area contributed by atoms with Gasteiger partial charge in [-0.05, 0) is 19.4 Å². The van der Waals surface area contributed by atoms with Crippen LogP contribution in [0.3, 0.4) is 0 Å². The second-order valence-corrected chi connectivity index (χ2v) is 5.86. The van der Waals surface area contributed by atoms with Gasteiger partial charge in [0.25, 0.3) is 0 Å². The maximum Gasteiger partial charge on any atom is 0.111 e. The minimum Gasteiger partial charge on any atom is -0.372 e. The van der Waals surface area contributed by atoms with Gasteiger partial charge in [-0.25, -0.2) is 4.98 Å². The number of imidazole rings is 1. The average Bonchev–Trinajstić information content (AvgIpc) is 3.03. The highest BCUT2D eigenvalue weighted by atomic mass is 16.6. The molecule has 0 saturated carbocycles. The van der Waals surface area contributed by atoms with Crippen molar-refractivity contribution in [2.24, 2.45) is 0 Å². The smallest absolute Gasteiger partial charge is 0.111 e. The normalized spacial score (nSPS) is 28.8. The lowest BCUT2D eigenvalue weighted by atomic mass is 10.0. The Labute approximate surface area is 109 Å². The van der Waals surface area contributed by atoms with Crippen LogP contribution in [-0.4, -0.2) is 46.8 Å². The van der Waals surface area contributed by atoms with Crippen LogP contribution < -0.4 is 0 Å². The van der Waals surface area contributed by atoms with Crippen LogP contribution >= 0.6 is 0 Å². The molecule has 2 aliphatic heterocycles. The molecule has 3 heterocycles. The Morgan fingerprint density at radius 3 is 3.06 bits per heavy atom. The van der Waals surface area contributed by atoms with Crippen molar-refractivity contribution in [3.05, 3.63) is 18.2 Å². The van der Waals surface area contributed by atoms with Crippen LogP contribution in [0.2, 0.25) is 0 Å². The summed E-state index contributed by atoms with van der Waals surface area (Å²) in [6.07, 6.45) is 7.16. The average molecular weight is 249 g/mol. The minimum absolute atomic E-state index is 0.502. The Morgan fingerprint density at radius 1 is 1.50 bits per heavy atom. The summed E-state index contributed by atoms with van der Waals surface area (Å²) in [7, 11) is 0. The first kappa shape index (κ1) is 12.2. The van der Waals surface area contributed by atoms with Crippen molar-refractivity contribution in [2.45, 2.75) is 44.8 Å². The summed E-state index contributed by atoms with van der Waals surface area (Å²) >= 11 is 0. The standard InChI is InChI=1S/C14H23N3O/c1-11(2)14-15-5-7-17(14)12-4-3-6-16(8-12)9-13-10-18-13/h5,7,11-13H,3-4,6,8-10H2,1-2H3/t12-,13+/m1/s1. The van der Waals surface area contributed by atoms with Crippen molar-refractivity contribution < 1.29 is 4.74 Å². The van der Waals surface area contributed by atoms with Gasteiger partial charge in [-0.2, -0.15) is 0 Å². The van der Waals surface area contributed by atoms with E-state index in [2.05, 4.69) is 34.5 Å². The van der Waals surface area contributed by atoms with E-state index in [9.17, 15) is 0 Å². The summed E-state index contributed by atoms with van der Waals surface area (Å²) < 4.78 is 7.73. The molecule has 0 unspecified atom stereocenters. The second kappa shape index (κ2) is 5.02. The summed E-state index contributed by atoms with van der Waals surface area (Å²) in [4.78, 5) is 7.06. The van der Waals surface area contributed by atoms with Crippen molar-refractivity contribution in [1.29, 1.82) is 0 Å². The molecule has 1 aromatic heterocycles. The SMILES string of the molecule is CC(C)c1nccn1[C@@H]1CCCN(C[C@H]2CO2)C1. The van der Waals surface area contributed by atoms with Crippen molar-refractivity contribution in [3.8, 4) is 0 Å². The van der Waals surface area contributed by atoms with Gasteiger partial charge in [0.1, 0.15) is 5.82 Å². The predicted octanol–water partition coefficient (Wildman–Crippen LogP) is 2.04. The van der Waals surface area contributed by atoms with E-state index < -0.39 is 0 Å². The zero-order chi connectivity index (χ0) is 12.5. The number of rotatable bonds is 4. The maximum atomic E-state index is 5.34. The van der Waals surface area contributed by atoms with Gasteiger partial charge >= 0.3 is 0 Å². The van der Waals surface area contributed by atoms with Gasteiger partial charge in [-0.15, -0.1) is 0 Å². The lowest BCUT2D eigenvalue weighted by Crippen LogP contribution is -2.39. The molecule has 0 aliphatic carbocycles. The van der Waals surface area contributed by atoms with Crippen LogP contribution in [0.15, 0.2) is 12.4 Å². The van der Waals surface area contributed by atoms with E-state index in [4.69, 9.17) is 4.74 Å². The number of epoxide rings is 1. The Morgan fingerprint density at radius 2 is 2.33 bits per heavy atom. The fourth-order valence-corrected chi connectivity index (χ4v) is 2.97. The fraction of sp³-hybridized carbons (Fsp3) is 0.786. The molecule has 2 saturated heterocycles. The molecule has 0 spiro atoms. The van der Waals surface area contributed by atoms with Crippen LogP contribution in [0.25, 0.3) is 0 Å². The van der Waals surface area contributed by atoms with Crippen molar-refractivity contribution in [2.75, 3.05) is 26.2 Å². The Bertz CT molecular complexity index is 397. The number of ether oxygens (including phenoxy) is 1. The van der Waals surface area contributed by atoms with E-state index in [1.807, 2.05) is 6.20 Å². The summed E-state index contributed by atoms with van der Waals surface area (Å²) in [6, 6.07) is 0.595. The number of nitrogens with zero attached hydrogens (tertiary/aromatic N) is 3. The number of hydrogen-bond acceptors (Lipinski definition) is 3. The van der Waals surface area contributed by atoms with Crippen molar-refractivity contribution in [1.82, 2.24) is 14.5 Å². The highest BCUT2D eigenvalue weighted by Gasteiger charge is 2.29. The first-order chi connectivity index (χ1) is 8.74. The highest BCUT2D eigenvalue weighted by molar-refractivity contribution is 5.01. The first-order valence-corrected chi connectivity index (χ1v) is 7.10. The van der Waals surface area contributed by atoms with Crippen LogP contribution in [0, 0.1) is 0 Å². The molecule has 0 bridgehead atoms. The van der Waals surface area contributed by atoms with Gasteiger partial charge in [0.05, 0.1) is 12.7 Å². The summed E-state index contributed by atoms with van der Waals surface area (Å²) in [6.45, 7) is 8.89. The van der Waals surface area contributed by atoms with Gasteiger partial charge in [-0.1, -0.05) is 13.8 Å². The molecule has 0 radical (unpaired) electrons. The van der Waals surface area contributed by atoms with Gasteiger partial charge in [-0.3, -0.25) is 4.90 Å². The maximum absolute atomic E-state index is 5.34. The van der Waals surface area contributed by atoms with Crippen molar-refractivity contribution in [3.63, 3.8) is 0 Å². The molecule has 3 rings (SSSR count). The molecule has 2 atom stereocenters. The minimum atomic E-state index is 0.502. The highest BCUT2D eigenvalue weighted by Crippen LogP contribution is 2.26. The monoisotopic (exact) mass is 249 g/mol. The molecular weight excluding hydrogens is 226 g/mol. The molecule has 0 aromatic carbocycles. The van der Waals surface area contributed by atoms with Gasteiger partial charge < -0.3 is 9.30 Å². The molecule has 4 heteroatoms. The van der Waals surface area contributed by atoms with Crippen LogP contribution in [0.5, 0.6) is 0 Å². The van der Waals surface area contributed by atoms with Crippen LogP contribution in [0.1, 0.15) is 44.5 Å². The first-order valence-electron chi connectivity index (χ1n) is 7.10. The van der Waals surface area contributed by atoms with Gasteiger partial charge in [0, 0.05) is 37.4 Å². The number of aromatic nitrogens is 2. The molecule has 2 fully saturated rings. The van der Waals surface area contributed by atoms with Gasteiger partial charge in [0.15, 0.2) is 0 Å². The van der Waals surface area contributed by atoms with E-state index in [1.165, 1.54) is 25.2 Å². The van der Waals surface area contributed by atoms with E-state index in [-0.39, 0.29) is 0 Å². The second-order valence-electron chi connectivity index (χ2n) is 5.86. The molecule has 0 N–H and O–H groups in total. The van der Waals surface area contributed by atoms with E-state index in [0.717, 1.165) is 19.7 Å². The van der Waals surface area contributed by atoms with Gasteiger partial charge in [0.2, 0.25) is 0 Å². The zero-order valence-corrected chi connectivity index (χ0v) is 11.4. The van der Waals surface area contributed by atoms with Crippen molar-refractivity contribution >= 4 is 0 Å². The number of hydrogen-bond donors (Lipinski definition) is 0. The molecule has 100 valence electrons. The summed E-state index contributed by atoms with van der Waals surface area (Å²) in [5, 5.41) is 0. The third kappa shape index (κ3) is 2.59. The molecule has 18 heavy (non-hydrogen) atoms. The third-order valence-corrected chi connectivity index (χ3v) is 3.95. The fourth-order valence-electron chi connectivity index (χ4n) is 2.97. The van der Waals surface area contributed by atoms with Crippen LogP contribution in [0.4, 0.5) is 0 Å². The quantitative estimate of drug-likeness (QED) is 0.766. The van der Waals surface area contributed by atoms with E-state index in [0.29, 0.717) is 18.1 Å². The number of likely N-dealkylation sites (tertiary alicyclic amines) is 1. The largest absolute Gasteiger partial charge is 0.372 e. The van der Waals surface area contributed by atoms with E-state index >= 15 is 0 Å². The van der Waals surface area contributed by atoms with Crippen LogP contribution in [-0.2, 0) is 4.74 Å². The predicted molar refractivity (Wildman–Crippen MR) is 70.8 cm³/mol. The summed E-state index contributed by atoms with van der Waals surface area (Å²) in [5.74, 6) is 1.73. The molecule has 0 amide bonds. The Kier molecular flexibility index (Phi) is 3.39. The third-order valence-electron chi connectivity index (χ3n) is 3.95. The van der Waals surface area contributed by atoms with E-state index in [1.54, 1.807) is 0 Å². The topological polar surface area (TPSA) is 33.6 Å². The summed E-state index contributed by atoms with van der Waals surface area (Å²) in [5.41, 5.74) is 0. The number of piperidine rings is 1. The zero-order valence-electron chi connectivity index (χ0n) is 11.4. The lowest BCUT2D eigenvalue weighted by molar-refractivity contribution is 0.162. The molecule has 2 aliphatic rings. The molecule has 4 nitrogen and oxygen atoms in total. The Balaban J connectivity index is 1.68. The Hall–Kier alpha value is -0.870.